The van der Waals surface area contributed by atoms with Gasteiger partial charge >= 0.3 is 0 Å². The number of para-hydroxylation sites is 1. The number of nitrogens with zero attached hydrogens (tertiary/aromatic N) is 1. The Bertz CT molecular complexity index is 531. The topological polar surface area (TPSA) is 41.6 Å². The molecule has 0 aliphatic carbocycles. The van der Waals surface area contributed by atoms with E-state index in [0.29, 0.717) is 12.6 Å². The van der Waals surface area contributed by atoms with E-state index in [1.165, 1.54) is 6.07 Å². The summed E-state index contributed by atoms with van der Waals surface area (Å²) in [6.07, 6.45) is 3.48. The van der Waals surface area contributed by atoms with E-state index in [0.717, 1.165) is 43.9 Å². The molecule has 0 spiro atoms. The van der Waals surface area contributed by atoms with Crippen molar-refractivity contribution in [1.29, 1.82) is 0 Å². The minimum atomic E-state index is -0.400. The van der Waals surface area contributed by atoms with E-state index in [-0.39, 0.29) is 17.7 Å². The Labute approximate surface area is 140 Å². The Hall–Kier alpha value is -1.11. The maximum Gasteiger partial charge on any atom is 0.238 e. The lowest BCUT2D eigenvalue weighted by molar-refractivity contribution is -0.118. The molecule has 4 nitrogen and oxygen atoms in total. The first-order valence-electron chi connectivity index (χ1n) is 8.20. The summed E-state index contributed by atoms with van der Waals surface area (Å²) in [5.74, 6) is 1.63. The number of hydrogen-bond donors (Lipinski definition) is 1. The van der Waals surface area contributed by atoms with Crippen LogP contribution in [0.3, 0.4) is 0 Å². The van der Waals surface area contributed by atoms with Gasteiger partial charge in [0.15, 0.2) is 0 Å². The van der Waals surface area contributed by atoms with Crippen molar-refractivity contribution in [2.24, 2.45) is 0 Å². The summed E-state index contributed by atoms with van der Waals surface area (Å²) in [5, 5.41) is 2.69. The molecule has 2 aliphatic heterocycles. The Morgan fingerprint density at radius 3 is 2.96 bits per heavy atom. The number of amides is 1. The predicted molar refractivity (Wildman–Crippen MR) is 91.3 cm³/mol. The van der Waals surface area contributed by atoms with Gasteiger partial charge in [-0.2, -0.15) is 11.8 Å². The molecule has 0 aromatic heterocycles. The average molecular weight is 338 g/mol. The zero-order valence-corrected chi connectivity index (χ0v) is 14.0. The number of nitrogens with one attached hydrogen (secondary N) is 1. The van der Waals surface area contributed by atoms with Crippen molar-refractivity contribution < 1.29 is 13.9 Å². The molecule has 0 unspecified atom stereocenters. The number of carbonyl (C=O) groups excluding carboxylic acids is 1. The van der Waals surface area contributed by atoms with E-state index in [9.17, 15) is 9.18 Å². The van der Waals surface area contributed by atoms with Crippen LogP contribution in [-0.2, 0) is 9.53 Å². The van der Waals surface area contributed by atoms with Crippen LogP contribution in [0, 0.1) is 5.82 Å². The van der Waals surface area contributed by atoms with Gasteiger partial charge in [0.2, 0.25) is 5.91 Å². The van der Waals surface area contributed by atoms with Crippen LogP contribution in [0.25, 0.3) is 0 Å². The van der Waals surface area contributed by atoms with Crippen LogP contribution in [0.15, 0.2) is 24.3 Å². The first-order valence-corrected chi connectivity index (χ1v) is 9.35. The molecule has 1 N–H and O–H groups in total. The Kier molecular flexibility index (Phi) is 5.91. The van der Waals surface area contributed by atoms with E-state index in [1.807, 2.05) is 11.8 Å². The number of hydrogen-bond acceptors (Lipinski definition) is 4. The van der Waals surface area contributed by atoms with Gasteiger partial charge in [-0.25, -0.2) is 4.39 Å². The third kappa shape index (κ3) is 4.68. The summed E-state index contributed by atoms with van der Waals surface area (Å²) in [4.78, 5) is 14.6. The highest BCUT2D eigenvalue weighted by molar-refractivity contribution is 7.99. The van der Waals surface area contributed by atoms with Crippen LogP contribution in [0.5, 0.6) is 0 Å². The molecular weight excluding hydrogens is 315 g/mol. The Morgan fingerprint density at radius 2 is 2.26 bits per heavy atom. The lowest BCUT2D eigenvalue weighted by Crippen LogP contribution is -2.44. The van der Waals surface area contributed by atoms with E-state index in [1.54, 1.807) is 18.2 Å². The van der Waals surface area contributed by atoms with Crippen molar-refractivity contribution in [3.8, 4) is 0 Å². The number of benzene rings is 1. The summed E-state index contributed by atoms with van der Waals surface area (Å²) in [7, 11) is 0. The molecule has 0 saturated carbocycles. The molecule has 2 aliphatic rings. The van der Waals surface area contributed by atoms with Gasteiger partial charge < -0.3 is 10.1 Å². The van der Waals surface area contributed by atoms with Crippen LogP contribution in [0.2, 0.25) is 0 Å². The second kappa shape index (κ2) is 8.13. The molecule has 2 fully saturated rings. The second-order valence-corrected chi connectivity index (χ2v) is 7.26. The quantitative estimate of drug-likeness (QED) is 0.866. The Balaban J connectivity index is 1.60. The van der Waals surface area contributed by atoms with Crippen molar-refractivity contribution in [3.63, 3.8) is 0 Å². The van der Waals surface area contributed by atoms with Gasteiger partial charge in [0.25, 0.3) is 0 Å². The van der Waals surface area contributed by atoms with Crippen molar-refractivity contribution >= 4 is 23.4 Å². The van der Waals surface area contributed by atoms with Crippen molar-refractivity contribution in [2.75, 3.05) is 36.5 Å². The number of halogens is 1. The van der Waals surface area contributed by atoms with Gasteiger partial charge in [0.05, 0.1) is 18.3 Å². The fourth-order valence-corrected chi connectivity index (χ4v) is 4.39. The third-order valence-electron chi connectivity index (χ3n) is 4.38. The number of anilines is 1. The summed E-state index contributed by atoms with van der Waals surface area (Å²) < 4.78 is 19.4. The smallest absolute Gasteiger partial charge is 0.238 e. The van der Waals surface area contributed by atoms with E-state index < -0.39 is 5.82 Å². The minimum Gasteiger partial charge on any atom is -0.377 e. The monoisotopic (exact) mass is 338 g/mol. The molecule has 0 radical (unpaired) electrons. The molecule has 1 amide bonds. The van der Waals surface area contributed by atoms with Crippen LogP contribution in [-0.4, -0.2) is 54.2 Å². The predicted octanol–water partition coefficient (Wildman–Crippen LogP) is 2.75. The molecule has 2 heterocycles. The zero-order valence-electron chi connectivity index (χ0n) is 13.2. The lowest BCUT2D eigenvalue weighted by atomic mass is 10.1. The van der Waals surface area contributed by atoms with Gasteiger partial charge in [-0.3, -0.25) is 9.69 Å². The molecule has 1 aromatic carbocycles. The number of thioether (sulfide) groups is 1. The molecule has 6 heteroatoms. The highest BCUT2D eigenvalue weighted by atomic mass is 32.2. The maximum absolute atomic E-state index is 13.7. The first-order chi connectivity index (χ1) is 11.2. The van der Waals surface area contributed by atoms with Crippen LogP contribution in [0.1, 0.15) is 19.3 Å². The third-order valence-corrected chi connectivity index (χ3v) is 5.52. The van der Waals surface area contributed by atoms with Crippen LogP contribution in [0.4, 0.5) is 10.1 Å². The van der Waals surface area contributed by atoms with Gasteiger partial charge in [0, 0.05) is 24.9 Å². The highest BCUT2D eigenvalue weighted by Crippen LogP contribution is 2.24. The molecule has 2 saturated heterocycles. The molecule has 3 rings (SSSR count). The van der Waals surface area contributed by atoms with E-state index in [2.05, 4.69) is 10.2 Å². The molecule has 126 valence electrons. The van der Waals surface area contributed by atoms with Gasteiger partial charge in [-0.15, -0.1) is 0 Å². The molecular formula is C17H23FN2O2S. The molecule has 2 atom stereocenters. The second-order valence-electron chi connectivity index (χ2n) is 6.11. The van der Waals surface area contributed by atoms with Crippen molar-refractivity contribution in [3.05, 3.63) is 30.1 Å². The average Bonchev–Trinajstić information content (AvgIpc) is 3.22. The fourth-order valence-electron chi connectivity index (χ4n) is 3.14. The number of ether oxygens (including phenoxy) is 1. The summed E-state index contributed by atoms with van der Waals surface area (Å²) in [6.45, 7) is 1.90. The largest absolute Gasteiger partial charge is 0.377 e. The number of carbonyl (C=O) groups is 1. The summed E-state index contributed by atoms with van der Waals surface area (Å²) in [5.41, 5.74) is 0.246. The van der Waals surface area contributed by atoms with Crippen LogP contribution < -0.4 is 5.32 Å². The fraction of sp³-hybridized carbons (Fsp3) is 0.588. The standard InChI is InChI=1S/C17H23FN2O2S/c18-15-5-1-2-6-16(15)19-17(21)11-20(13-7-9-23-12-13)10-14-4-3-8-22-14/h1-2,5-6,13-14H,3-4,7-12H2,(H,19,21)/t13-,14-/m0/s1. The van der Waals surface area contributed by atoms with E-state index in [4.69, 9.17) is 4.74 Å². The highest BCUT2D eigenvalue weighted by Gasteiger charge is 2.28. The van der Waals surface area contributed by atoms with Gasteiger partial charge in [-0.1, -0.05) is 12.1 Å². The zero-order chi connectivity index (χ0) is 16.1. The molecule has 23 heavy (non-hydrogen) atoms. The normalized spacial score (nSPS) is 24.3. The van der Waals surface area contributed by atoms with E-state index >= 15 is 0 Å². The van der Waals surface area contributed by atoms with Crippen LogP contribution >= 0.6 is 11.8 Å². The number of rotatable bonds is 6. The van der Waals surface area contributed by atoms with Crippen molar-refractivity contribution in [1.82, 2.24) is 4.90 Å². The summed E-state index contributed by atoms with van der Waals surface area (Å²) in [6, 6.07) is 6.69. The molecule has 1 aromatic rings. The first kappa shape index (κ1) is 16.7. The SMILES string of the molecule is O=C(CN(C[C@@H]1CCCO1)[C@H]1CCSC1)Nc1ccccc1F. The maximum atomic E-state index is 13.7. The molecule has 0 bridgehead atoms. The van der Waals surface area contributed by atoms with Crippen molar-refractivity contribution in [2.45, 2.75) is 31.4 Å². The van der Waals surface area contributed by atoms with Gasteiger partial charge in [-0.05, 0) is 37.1 Å². The van der Waals surface area contributed by atoms with Gasteiger partial charge in [0.1, 0.15) is 5.82 Å². The minimum absolute atomic E-state index is 0.162. The summed E-state index contributed by atoms with van der Waals surface area (Å²) >= 11 is 1.93. The lowest BCUT2D eigenvalue weighted by Gasteiger charge is -2.29. The Morgan fingerprint density at radius 1 is 1.39 bits per heavy atom.